The molecule has 0 aromatic rings. The first-order valence-corrected chi connectivity index (χ1v) is 15.6. The van der Waals surface area contributed by atoms with Crippen LogP contribution in [0.2, 0.25) is 0 Å². The molecule has 39 heavy (non-hydrogen) atoms. The van der Waals surface area contributed by atoms with Crippen molar-refractivity contribution < 1.29 is 24.2 Å². The van der Waals surface area contributed by atoms with E-state index >= 15 is 0 Å². The highest BCUT2D eigenvalue weighted by Gasteiger charge is 2.25. The zero-order chi connectivity index (χ0) is 29.6. The Labute approximate surface area is 240 Å². The van der Waals surface area contributed by atoms with Crippen molar-refractivity contribution in [1.82, 2.24) is 9.80 Å². The van der Waals surface area contributed by atoms with Crippen molar-refractivity contribution in [2.45, 2.75) is 150 Å². The fourth-order valence-electron chi connectivity index (χ4n) is 4.15. The lowest BCUT2D eigenvalue weighted by atomic mass is 10.1. The van der Waals surface area contributed by atoms with Crippen LogP contribution < -0.4 is 0 Å². The number of nitrogens with zero attached hydrogens (tertiary/aromatic N) is 2. The molecular weight excluding hydrogens is 492 g/mol. The minimum Gasteiger partial charge on any atom is -0.444 e. The lowest BCUT2D eigenvalue weighted by Gasteiger charge is -2.31. The third-order valence-corrected chi connectivity index (χ3v) is 6.25. The second kappa shape index (κ2) is 22.0. The predicted octanol–water partition coefficient (Wildman–Crippen LogP) is 8.49. The molecule has 230 valence electrons. The van der Waals surface area contributed by atoms with Gasteiger partial charge in [0.2, 0.25) is 0 Å². The molecule has 0 aliphatic carbocycles. The lowest BCUT2D eigenvalue weighted by Crippen LogP contribution is -2.45. The average molecular weight is 555 g/mol. The SMILES string of the molecule is CCCCCCCCC=CCCCCCCCCN(CCN(CCO)C(=O)OC(C)(C)C)C(=O)OC(C)(C)C. The Bertz CT molecular complexity index is 652. The number of unbranched alkanes of at least 4 members (excludes halogenated alkanes) is 12. The van der Waals surface area contributed by atoms with Gasteiger partial charge in [-0.2, -0.15) is 0 Å². The predicted molar refractivity (Wildman–Crippen MR) is 162 cm³/mol. The van der Waals surface area contributed by atoms with Gasteiger partial charge in [-0.1, -0.05) is 76.9 Å². The Morgan fingerprint density at radius 2 is 0.974 bits per heavy atom. The molecule has 0 saturated heterocycles. The van der Waals surface area contributed by atoms with Crippen LogP contribution in [0, 0.1) is 0 Å². The molecule has 0 atom stereocenters. The minimum absolute atomic E-state index is 0.158. The third kappa shape index (κ3) is 23.8. The highest BCUT2D eigenvalue weighted by Crippen LogP contribution is 2.14. The van der Waals surface area contributed by atoms with Crippen molar-refractivity contribution in [2.24, 2.45) is 0 Å². The summed E-state index contributed by atoms with van der Waals surface area (Å²) in [5.41, 5.74) is -1.21. The molecule has 2 amide bonds. The molecule has 0 aromatic heterocycles. The minimum atomic E-state index is -0.626. The molecular formula is C32H62N2O5. The molecule has 0 fully saturated rings. The molecule has 0 rings (SSSR count). The second-order valence-corrected chi connectivity index (χ2v) is 12.6. The van der Waals surface area contributed by atoms with E-state index in [1.807, 2.05) is 41.5 Å². The van der Waals surface area contributed by atoms with Gasteiger partial charge in [0, 0.05) is 26.2 Å². The Morgan fingerprint density at radius 3 is 1.38 bits per heavy atom. The number of allylic oxidation sites excluding steroid dienone is 2. The Kier molecular flexibility index (Phi) is 21.0. The highest BCUT2D eigenvalue weighted by molar-refractivity contribution is 5.69. The number of ether oxygens (including phenoxy) is 2. The molecule has 7 nitrogen and oxygen atoms in total. The van der Waals surface area contributed by atoms with Gasteiger partial charge in [-0.3, -0.25) is 0 Å². The van der Waals surface area contributed by atoms with Gasteiger partial charge in [0.1, 0.15) is 11.2 Å². The molecule has 0 heterocycles. The van der Waals surface area contributed by atoms with E-state index in [0.717, 1.165) is 19.3 Å². The van der Waals surface area contributed by atoms with Crippen molar-refractivity contribution in [3.63, 3.8) is 0 Å². The zero-order valence-corrected chi connectivity index (χ0v) is 26.6. The summed E-state index contributed by atoms with van der Waals surface area (Å²) in [5.74, 6) is 0. The number of amides is 2. The van der Waals surface area contributed by atoms with Gasteiger partial charge < -0.3 is 24.4 Å². The van der Waals surface area contributed by atoms with Crippen molar-refractivity contribution in [3.8, 4) is 0 Å². The maximum atomic E-state index is 12.8. The van der Waals surface area contributed by atoms with E-state index in [-0.39, 0.29) is 25.8 Å². The number of carbonyl (C=O) groups is 2. The fourth-order valence-corrected chi connectivity index (χ4v) is 4.15. The van der Waals surface area contributed by atoms with Crippen molar-refractivity contribution in [2.75, 3.05) is 32.8 Å². The van der Waals surface area contributed by atoms with E-state index in [2.05, 4.69) is 19.1 Å². The third-order valence-electron chi connectivity index (χ3n) is 6.25. The van der Waals surface area contributed by atoms with Crippen LogP contribution in [0.4, 0.5) is 9.59 Å². The number of rotatable bonds is 21. The summed E-state index contributed by atoms with van der Waals surface area (Å²) in [6.07, 6.45) is 21.2. The molecule has 0 aliphatic rings. The average Bonchev–Trinajstić information content (AvgIpc) is 2.82. The highest BCUT2D eigenvalue weighted by atomic mass is 16.6. The van der Waals surface area contributed by atoms with E-state index < -0.39 is 17.3 Å². The monoisotopic (exact) mass is 554 g/mol. The fraction of sp³-hybridized carbons (Fsp3) is 0.875. The van der Waals surface area contributed by atoms with Crippen LogP contribution >= 0.6 is 0 Å². The topological polar surface area (TPSA) is 79.3 Å². The molecule has 7 heteroatoms. The maximum absolute atomic E-state index is 12.8. The van der Waals surface area contributed by atoms with Crippen LogP contribution in [-0.2, 0) is 9.47 Å². The quantitative estimate of drug-likeness (QED) is 0.114. The number of carbonyl (C=O) groups excluding carboxylic acids is 2. The van der Waals surface area contributed by atoms with Crippen LogP contribution in [0.1, 0.15) is 138 Å². The number of hydrogen-bond acceptors (Lipinski definition) is 5. The van der Waals surface area contributed by atoms with Gasteiger partial charge >= 0.3 is 12.2 Å². The summed E-state index contributed by atoms with van der Waals surface area (Å²) in [7, 11) is 0. The molecule has 0 unspecified atom stereocenters. The van der Waals surface area contributed by atoms with E-state index in [9.17, 15) is 14.7 Å². The summed E-state index contributed by atoms with van der Waals surface area (Å²) < 4.78 is 11.1. The van der Waals surface area contributed by atoms with Gasteiger partial charge in [0.15, 0.2) is 0 Å². The number of hydrogen-bond donors (Lipinski definition) is 1. The molecule has 0 aromatic carbocycles. The van der Waals surface area contributed by atoms with Crippen LogP contribution in [0.25, 0.3) is 0 Å². The summed E-state index contributed by atoms with van der Waals surface area (Å²) in [6, 6.07) is 0. The van der Waals surface area contributed by atoms with Crippen LogP contribution in [-0.4, -0.2) is 71.1 Å². The van der Waals surface area contributed by atoms with E-state index in [4.69, 9.17) is 9.47 Å². The first kappa shape index (κ1) is 37.2. The zero-order valence-electron chi connectivity index (χ0n) is 26.6. The van der Waals surface area contributed by atoms with Gasteiger partial charge in [-0.05, 0) is 73.6 Å². The van der Waals surface area contributed by atoms with E-state index in [1.165, 1.54) is 75.5 Å². The molecule has 1 N–H and O–H groups in total. The van der Waals surface area contributed by atoms with Crippen molar-refractivity contribution in [3.05, 3.63) is 12.2 Å². The smallest absolute Gasteiger partial charge is 0.410 e. The van der Waals surface area contributed by atoms with Gasteiger partial charge in [-0.15, -0.1) is 0 Å². The summed E-state index contributed by atoms with van der Waals surface area (Å²) in [5, 5.41) is 9.41. The Morgan fingerprint density at radius 1 is 0.590 bits per heavy atom. The first-order chi connectivity index (χ1) is 18.4. The Balaban J connectivity index is 4.36. The van der Waals surface area contributed by atoms with Crippen molar-refractivity contribution in [1.29, 1.82) is 0 Å². The van der Waals surface area contributed by atoms with Gasteiger partial charge in [0.05, 0.1) is 6.61 Å². The lowest BCUT2D eigenvalue weighted by molar-refractivity contribution is 0.0114. The summed E-state index contributed by atoms with van der Waals surface area (Å²) >= 11 is 0. The standard InChI is InChI=1S/C32H62N2O5/c1-8-9-10-11-12-13-14-15-16-17-18-19-20-21-22-23-24-33(29(36)38-31(2,3)4)25-26-34(27-28-35)30(37)39-32(5,6)7/h15-16,35H,8-14,17-28H2,1-7H3. The molecule has 0 aliphatic heterocycles. The van der Waals surface area contributed by atoms with E-state index in [0.29, 0.717) is 13.1 Å². The van der Waals surface area contributed by atoms with E-state index in [1.54, 1.807) is 4.90 Å². The maximum Gasteiger partial charge on any atom is 0.410 e. The Hall–Kier alpha value is -1.76. The molecule has 0 spiro atoms. The van der Waals surface area contributed by atoms with Crippen LogP contribution in [0.5, 0.6) is 0 Å². The molecule has 0 radical (unpaired) electrons. The van der Waals surface area contributed by atoms with Gasteiger partial charge in [-0.25, -0.2) is 9.59 Å². The number of aliphatic hydroxyl groups excluding tert-OH is 1. The van der Waals surface area contributed by atoms with Crippen molar-refractivity contribution >= 4 is 12.2 Å². The summed E-state index contributed by atoms with van der Waals surface area (Å²) in [4.78, 5) is 28.5. The number of aliphatic hydroxyl groups is 1. The van der Waals surface area contributed by atoms with Crippen LogP contribution in [0.15, 0.2) is 12.2 Å². The molecule has 0 saturated carbocycles. The van der Waals surface area contributed by atoms with Crippen LogP contribution in [0.3, 0.4) is 0 Å². The molecule has 0 bridgehead atoms. The normalized spacial score (nSPS) is 12.1. The summed E-state index contributed by atoms with van der Waals surface area (Å²) in [6.45, 7) is 14.4. The second-order valence-electron chi connectivity index (χ2n) is 12.6. The van der Waals surface area contributed by atoms with Gasteiger partial charge in [0.25, 0.3) is 0 Å². The first-order valence-electron chi connectivity index (χ1n) is 15.6. The largest absolute Gasteiger partial charge is 0.444 e.